The zero-order chi connectivity index (χ0) is 11.9. The first-order valence-electron chi connectivity index (χ1n) is 6.30. The molecular formula is C14H21NO2. The molecule has 3 heteroatoms. The van der Waals surface area contributed by atoms with Gasteiger partial charge in [0.2, 0.25) is 0 Å². The predicted molar refractivity (Wildman–Crippen MR) is 68.5 cm³/mol. The second-order valence-electron chi connectivity index (χ2n) is 4.54. The van der Waals surface area contributed by atoms with Crippen LogP contribution in [0, 0.1) is 5.92 Å². The number of methoxy groups -OCH3 is 1. The summed E-state index contributed by atoms with van der Waals surface area (Å²) in [6.45, 7) is 3.95. The second-order valence-corrected chi connectivity index (χ2v) is 4.54. The van der Waals surface area contributed by atoms with Crippen LogP contribution in [0.4, 0.5) is 0 Å². The van der Waals surface area contributed by atoms with E-state index in [1.165, 1.54) is 12.0 Å². The molecule has 1 aromatic rings. The Morgan fingerprint density at radius 1 is 1.47 bits per heavy atom. The Balaban J connectivity index is 1.66. The molecule has 0 aromatic heterocycles. The Morgan fingerprint density at radius 2 is 2.41 bits per heavy atom. The van der Waals surface area contributed by atoms with Crippen LogP contribution in [0.5, 0.6) is 5.75 Å². The second kappa shape index (κ2) is 6.62. The lowest BCUT2D eigenvalue weighted by atomic mass is 10.1. The lowest BCUT2D eigenvalue weighted by molar-refractivity contribution is 0.185. The molecule has 1 unspecified atom stereocenters. The van der Waals surface area contributed by atoms with Gasteiger partial charge in [-0.1, -0.05) is 12.1 Å². The molecule has 0 spiro atoms. The fourth-order valence-electron chi connectivity index (χ4n) is 2.11. The molecule has 94 valence electrons. The Morgan fingerprint density at radius 3 is 3.18 bits per heavy atom. The molecule has 1 fully saturated rings. The van der Waals surface area contributed by atoms with E-state index in [0.717, 1.165) is 38.5 Å². The highest BCUT2D eigenvalue weighted by atomic mass is 16.5. The fourth-order valence-corrected chi connectivity index (χ4v) is 2.11. The maximum Gasteiger partial charge on any atom is 0.119 e. The SMILES string of the molecule is COc1cccc(CCNCC2CCOC2)c1. The van der Waals surface area contributed by atoms with Gasteiger partial charge in [0.1, 0.15) is 5.75 Å². The van der Waals surface area contributed by atoms with Gasteiger partial charge in [0.15, 0.2) is 0 Å². The Bertz CT molecular complexity index is 335. The van der Waals surface area contributed by atoms with Crippen LogP contribution < -0.4 is 10.1 Å². The maximum atomic E-state index is 5.35. The van der Waals surface area contributed by atoms with E-state index in [1.807, 2.05) is 12.1 Å². The third-order valence-electron chi connectivity index (χ3n) is 3.18. The normalized spacial score (nSPS) is 19.5. The van der Waals surface area contributed by atoms with Crippen LogP contribution in [0.2, 0.25) is 0 Å². The van der Waals surface area contributed by atoms with Gasteiger partial charge < -0.3 is 14.8 Å². The number of hydrogen-bond acceptors (Lipinski definition) is 3. The first kappa shape index (κ1) is 12.4. The summed E-state index contributed by atoms with van der Waals surface area (Å²) in [7, 11) is 1.71. The molecule has 0 aliphatic carbocycles. The fraction of sp³-hybridized carbons (Fsp3) is 0.571. The molecule has 1 aromatic carbocycles. The van der Waals surface area contributed by atoms with Crippen molar-refractivity contribution in [1.29, 1.82) is 0 Å². The van der Waals surface area contributed by atoms with Crippen LogP contribution in [-0.4, -0.2) is 33.4 Å². The van der Waals surface area contributed by atoms with Crippen LogP contribution in [0.1, 0.15) is 12.0 Å². The molecule has 0 radical (unpaired) electrons. The zero-order valence-electron chi connectivity index (χ0n) is 10.4. The van der Waals surface area contributed by atoms with Gasteiger partial charge in [0.05, 0.1) is 13.7 Å². The lowest BCUT2D eigenvalue weighted by Gasteiger charge is -2.09. The van der Waals surface area contributed by atoms with Gasteiger partial charge in [-0.25, -0.2) is 0 Å². The Labute approximate surface area is 103 Å². The van der Waals surface area contributed by atoms with Crippen LogP contribution in [-0.2, 0) is 11.2 Å². The molecule has 1 heterocycles. The minimum atomic E-state index is 0.709. The first-order chi connectivity index (χ1) is 8.38. The topological polar surface area (TPSA) is 30.5 Å². The van der Waals surface area contributed by atoms with Crippen molar-refractivity contribution in [1.82, 2.24) is 5.32 Å². The summed E-state index contributed by atoms with van der Waals surface area (Å²) >= 11 is 0. The first-order valence-corrected chi connectivity index (χ1v) is 6.30. The summed E-state index contributed by atoms with van der Waals surface area (Å²) in [6.07, 6.45) is 2.25. The van der Waals surface area contributed by atoms with E-state index < -0.39 is 0 Å². The quantitative estimate of drug-likeness (QED) is 0.763. The number of benzene rings is 1. The van der Waals surface area contributed by atoms with Gasteiger partial charge in [-0.05, 0) is 43.0 Å². The van der Waals surface area contributed by atoms with Crippen molar-refractivity contribution < 1.29 is 9.47 Å². The highest BCUT2D eigenvalue weighted by Crippen LogP contribution is 2.13. The van der Waals surface area contributed by atoms with Crippen LogP contribution in [0.3, 0.4) is 0 Å². The average Bonchev–Trinajstić information content (AvgIpc) is 2.88. The van der Waals surface area contributed by atoms with Crippen molar-refractivity contribution in [2.24, 2.45) is 5.92 Å². The van der Waals surface area contributed by atoms with Crippen molar-refractivity contribution in [3.8, 4) is 5.75 Å². The summed E-state index contributed by atoms with van der Waals surface area (Å²) in [4.78, 5) is 0. The summed E-state index contributed by atoms with van der Waals surface area (Å²) in [5, 5.41) is 3.49. The Hall–Kier alpha value is -1.06. The van der Waals surface area contributed by atoms with Crippen LogP contribution in [0.15, 0.2) is 24.3 Å². The molecule has 0 bridgehead atoms. The van der Waals surface area contributed by atoms with Crippen molar-refractivity contribution in [3.63, 3.8) is 0 Å². The van der Waals surface area contributed by atoms with E-state index in [4.69, 9.17) is 9.47 Å². The van der Waals surface area contributed by atoms with E-state index >= 15 is 0 Å². The van der Waals surface area contributed by atoms with Crippen molar-refractivity contribution >= 4 is 0 Å². The summed E-state index contributed by atoms with van der Waals surface area (Å²) in [5.74, 6) is 1.65. The predicted octanol–water partition coefficient (Wildman–Crippen LogP) is 1.86. The summed E-state index contributed by atoms with van der Waals surface area (Å²) in [6, 6.07) is 8.26. The third kappa shape index (κ3) is 4.02. The van der Waals surface area contributed by atoms with Crippen molar-refractivity contribution in [2.45, 2.75) is 12.8 Å². The minimum Gasteiger partial charge on any atom is -0.497 e. The van der Waals surface area contributed by atoms with Gasteiger partial charge in [-0.3, -0.25) is 0 Å². The molecule has 3 nitrogen and oxygen atoms in total. The molecule has 1 saturated heterocycles. The van der Waals surface area contributed by atoms with E-state index in [9.17, 15) is 0 Å². The van der Waals surface area contributed by atoms with Gasteiger partial charge in [-0.2, -0.15) is 0 Å². The van der Waals surface area contributed by atoms with Crippen molar-refractivity contribution in [3.05, 3.63) is 29.8 Å². The lowest BCUT2D eigenvalue weighted by Crippen LogP contribution is -2.25. The van der Waals surface area contributed by atoms with E-state index in [1.54, 1.807) is 7.11 Å². The molecule has 1 aliphatic rings. The monoisotopic (exact) mass is 235 g/mol. The maximum absolute atomic E-state index is 5.35. The molecule has 17 heavy (non-hydrogen) atoms. The largest absolute Gasteiger partial charge is 0.497 e. The number of nitrogens with one attached hydrogen (secondary N) is 1. The van der Waals surface area contributed by atoms with Gasteiger partial charge in [0.25, 0.3) is 0 Å². The molecule has 1 aliphatic heterocycles. The standard InChI is InChI=1S/C14H21NO2/c1-16-14-4-2-3-12(9-14)5-7-15-10-13-6-8-17-11-13/h2-4,9,13,15H,5-8,10-11H2,1H3. The highest BCUT2D eigenvalue weighted by molar-refractivity contribution is 5.28. The van der Waals surface area contributed by atoms with E-state index in [0.29, 0.717) is 5.92 Å². The number of ether oxygens (including phenoxy) is 2. The highest BCUT2D eigenvalue weighted by Gasteiger charge is 2.14. The third-order valence-corrected chi connectivity index (χ3v) is 3.18. The van der Waals surface area contributed by atoms with Gasteiger partial charge in [0, 0.05) is 13.2 Å². The minimum absolute atomic E-state index is 0.709. The molecule has 0 saturated carbocycles. The average molecular weight is 235 g/mol. The van der Waals surface area contributed by atoms with E-state index in [2.05, 4.69) is 17.4 Å². The summed E-state index contributed by atoms with van der Waals surface area (Å²) in [5.41, 5.74) is 1.32. The Kier molecular flexibility index (Phi) is 4.83. The number of hydrogen-bond donors (Lipinski definition) is 1. The molecule has 1 N–H and O–H groups in total. The zero-order valence-corrected chi connectivity index (χ0v) is 10.4. The van der Waals surface area contributed by atoms with E-state index in [-0.39, 0.29) is 0 Å². The number of rotatable bonds is 6. The van der Waals surface area contributed by atoms with Crippen molar-refractivity contribution in [2.75, 3.05) is 33.4 Å². The van der Waals surface area contributed by atoms with Gasteiger partial charge >= 0.3 is 0 Å². The summed E-state index contributed by atoms with van der Waals surface area (Å²) < 4.78 is 10.6. The smallest absolute Gasteiger partial charge is 0.119 e. The van der Waals surface area contributed by atoms with Crippen LogP contribution in [0.25, 0.3) is 0 Å². The van der Waals surface area contributed by atoms with Gasteiger partial charge in [-0.15, -0.1) is 0 Å². The molecule has 0 amide bonds. The van der Waals surface area contributed by atoms with Crippen LogP contribution >= 0.6 is 0 Å². The molecule has 1 atom stereocenters. The molecular weight excluding hydrogens is 214 g/mol. The molecule has 2 rings (SSSR count).